The number of rotatable bonds is 6. The van der Waals surface area contributed by atoms with Crippen molar-refractivity contribution in [3.8, 4) is 5.69 Å². The Bertz CT molecular complexity index is 956. The Morgan fingerprint density at radius 2 is 2.00 bits per heavy atom. The second-order valence-electron chi connectivity index (χ2n) is 6.53. The van der Waals surface area contributed by atoms with Crippen LogP contribution in [0, 0.1) is 0 Å². The molecule has 0 aliphatic heterocycles. The van der Waals surface area contributed by atoms with Crippen LogP contribution in [0.25, 0.3) is 5.69 Å². The lowest BCUT2D eigenvalue weighted by Gasteiger charge is -2.10. The van der Waals surface area contributed by atoms with E-state index in [2.05, 4.69) is 10.4 Å². The number of benzene rings is 2. The summed E-state index contributed by atoms with van der Waals surface area (Å²) in [6, 6.07) is 17.1. The highest BCUT2D eigenvalue weighted by Gasteiger charge is 2.31. The van der Waals surface area contributed by atoms with E-state index in [1.54, 1.807) is 18.2 Å². The van der Waals surface area contributed by atoms with E-state index in [9.17, 15) is 4.79 Å². The molecule has 7 heteroatoms. The Morgan fingerprint density at radius 1 is 1.22 bits per heavy atom. The van der Waals surface area contributed by atoms with Gasteiger partial charge in [-0.15, -0.1) is 5.10 Å². The third kappa shape index (κ3) is 4.34. The molecule has 1 fully saturated rings. The number of anilines is 1. The van der Waals surface area contributed by atoms with Crippen LogP contribution in [-0.4, -0.2) is 25.9 Å². The zero-order valence-corrected chi connectivity index (χ0v) is 16.4. The summed E-state index contributed by atoms with van der Waals surface area (Å²) < 4.78 is 1.90. The summed E-state index contributed by atoms with van der Waals surface area (Å²) in [7, 11) is 0. The average molecular weight is 399 g/mol. The molecule has 5 nitrogen and oxygen atoms in total. The minimum Gasteiger partial charge on any atom is -0.325 e. The molecule has 1 amide bonds. The van der Waals surface area contributed by atoms with Crippen LogP contribution in [0.15, 0.2) is 59.8 Å². The number of hydrogen-bond acceptors (Lipinski definition) is 4. The maximum atomic E-state index is 12.5. The predicted molar refractivity (Wildman–Crippen MR) is 109 cm³/mol. The van der Waals surface area contributed by atoms with Gasteiger partial charge in [-0.2, -0.15) is 0 Å². The summed E-state index contributed by atoms with van der Waals surface area (Å²) in [5.74, 6) is 1.33. The average Bonchev–Trinajstić information content (AvgIpc) is 3.43. The topological polar surface area (TPSA) is 59.8 Å². The van der Waals surface area contributed by atoms with Crippen molar-refractivity contribution in [2.45, 2.75) is 36.1 Å². The number of halogens is 1. The van der Waals surface area contributed by atoms with Gasteiger partial charge in [-0.3, -0.25) is 4.79 Å². The number of nitrogens with zero attached hydrogens (tertiary/aromatic N) is 3. The van der Waals surface area contributed by atoms with E-state index in [0.717, 1.165) is 24.4 Å². The van der Waals surface area contributed by atoms with Gasteiger partial charge in [0, 0.05) is 16.6 Å². The molecule has 1 atom stereocenters. The first-order valence-corrected chi connectivity index (χ1v) is 10.1. The van der Waals surface area contributed by atoms with Crippen LogP contribution < -0.4 is 5.32 Å². The molecule has 27 heavy (non-hydrogen) atoms. The summed E-state index contributed by atoms with van der Waals surface area (Å²) in [6.45, 7) is 1.85. The van der Waals surface area contributed by atoms with Gasteiger partial charge in [0.2, 0.25) is 11.1 Å². The number of carbonyl (C=O) groups excluding carboxylic acids is 1. The molecule has 138 valence electrons. The lowest BCUT2D eigenvalue weighted by Crippen LogP contribution is -2.22. The minimum absolute atomic E-state index is 0.105. The highest BCUT2D eigenvalue weighted by Crippen LogP contribution is 2.40. The molecule has 0 unspecified atom stereocenters. The summed E-state index contributed by atoms with van der Waals surface area (Å²) in [5, 5.41) is 8.41. The first-order chi connectivity index (χ1) is 13.1. The van der Waals surface area contributed by atoms with Crippen LogP contribution in [0.4, 0.5) is 5.69 Å². The van der Waals surface area contributed by atoms with Gasteiger partial charge in [0.15, 0.2) is 0 Å². The lowest BCUT2D eigenvalue weighted by atomic mass is 10.3. The molecule has 1 heterocycles. The largest absolute Gasteiger partial charge is 0.325 e. The van der Waals surface area contributed by atoms with Crippen LogP contribution in [0.5, 0.6) is 0 Å². The summed E-state index contributed by atoms with van der Waals surface area (Å²) in [6.07, 6.45) is 2.28. The highest BCUT2D eigenvalue weighted by atomic mass is 35.5. The number of nitrogens with one attached hydrogen (secondary N) is 1. The fourth-order valence-electron chi connectivity index (χ4n) is 2.74. The molecule has 1 aliphatic carbocycles. The first kappa shape index (κ1) is 18.1. The molecule has 2 aromatic carbocycles. The molecule has 4 rings (SSSR count). The number of amides is 1. The van der Waals surface area contributed by atoms with E-state index in [1.165, 1.54) is 11.8 Å². The lowest BCUT2D eigenvalue weighted by molar-refractivity contribution is -0.115. The van der Waals surface area contributed by atoms with Gasteiger partial charge in [0.05, 0.1) is 10.9 Å². The molecule has 0 bridgehead atoms. The van der Waals surface area contributed by atoms with Crippen LogP contribution in [0.2, 0.25) is 5.02 Å². The van der Waals surface area contributed by atoms with E-state index in [0.29, 0.717) is 21.8 Å². The number of para-hydroxylation sites is 1. The Balaban J connectivity index is 1.49. The Morgan fingerprint density at radius 3 is 2.70 bits per heavy atom. The van der Waals surface area contributed by atoms with Gasteiger partial charge in [-0.05, 0) is 50.1 Å². The van der Waals surface area contributed by atoms with Crippen LogP contribution in [0.1, 0.15) is 31.5 Å². The van der Waals surface area contributed by atoms with Crippen molar-refractivity contribution >= 4 is 35.0 Å². The molecule has 1 aliphatic rings. The van der Waals surface area contributed by atoms with Gasteiger partial charge in [0.1, 0.15) is 5.82 Å². The fourth-order valence-corrected chi connectivity index (χ4v) is 3.69. The quantitative estimate of drug-likeness (QED) is 0.599. The number of thioether (sulfide) groups is 1. The molecule has 1 aromatic heterocycles. The van der Waals surface area contributed by atoms with Crippen molar-refractivity contribution in [3.05, 3.63) is 65.4 Å². The normalized spacial score (nSPS) is 14.7. The van der Waals surface area contributed by atoms with Gasteiger partial charge in [0.25, 0.3) is 0 Å². The number of hydrogen-bond donors (Lipinski definition) is 1. The summed E-state index contributed by atoms with van der Waals surface area (Å²) >= 11 is 7.33. The van der Waals surface area contributed by atoms with E-state index < -0.39 is 0 Å². The van der Waals surface area contributed by atoms with Crippen LogP contribution in [0.3, 0.4) is 0 Å². The van der Waals surface area contributed by atoms with Crippen LogP contribution >= 0.6 is 23.4 Å². The third-order valence-corrected chi connectivity index (χ3v) is 5.49. The van der Waals surface area contributed by atoms with E-state index >= 15 is 0 Å². The van der Waals surface area contributed by atoms with Crippen molar-refractivity contribution in [1.82, 2.24) is 14.8 Å². The highest BCUT2D eigenvalue weighted by molar-refractivity contribution is 8.00. The maximum absolute atomic E-state index is 12.5. The fraction of sp³-hybridized carbons (Fsp3) is 0.250. The van der Waals surface area contributed by atoms with Crippen LogP contribution in [-0.2, 0) is 4.79 Å². The maximum Gasteiger partial charge on any atom is 0.237 e. The summed E-state index contributed by atoms with van der Waals surface area (Å²) in [4.78, 5) is 17.2. The minimum atomic E-state index is -0.331. The Kier molecular flexibility index (Phi) is 5.18. The third-order valence-electron chi connectivity index (χ3n) is 4.30. The molecular formula is C20H19ClN4OS. The summed E-state index contributed by atoms with van der Waals surface area (Å²) in [5.41, 5.74) is 1.68. The van der Waals surface area contributed by atoms with Gasteiger partial charge in [-0.25, -0.2) is 9.67 Å². The van der Waals surface area contributed by atoms with E-state index in [1.807, 2.05) is 48.0 Å². The molecular weight excluding hydrogens is 380 g/mol. The molecule has 0 saturated heterocycles. The smallest absolute Gasteiger partial charge is 0.237 e. The van der Waals surface area contributed by atoms with Gasteiger partial charge < -0.3 is 5.32 Å². The standard InChI is InChI=1S/C20H19ClN4OS/c1-13(19(26)22-16-7-5-6-15(21)12-16)27-20-23-18(14-10-11-14)25(24-20)17-8-3-2-4-9-17/h2-9,12-14H,10-11H2,1H3,(H,22,26)/t13-/m0/s1. The zero-order valence-electron chi connectivity index (χ0n) is 14.8. The molecule has 3 aromatic rings. The van der Waals surface area contributed by atoms with E-state index in [4.69, 9.17) is 16.6 Å². The molecule has 0 radical (unpaired) electrons. The second-order valence-corrected chi connectivity index (χ2v) is 8.28. The molecule has 0 spiro atoms. The molecule has 1 N–H and O–H groups in total. The van der Waals surface area contributed by atoms with Gasteiger partial charge >= 0.3 is 0 Å². The zero-order chi connectivity index (χ0) is 18.8. The monoisotopic (exact) mass is 398 g/mol. The van der Waals surface area contributed by atoms with Crippen molar-refractivity contribution in [2.75, 3.05) is 5.32 Å². The number of aromatic nitrogens is 3. The predicted octanol–water partition coefficient (Wildman–Crippen LogP) is 4.92. The van der Waals surface area contributed by atoms with Crippen molar-refractivity contribution < 1.29 is 4.79 Å². The SMILES string of the molecule is C[C@H](Sc1nc(C2CC2)n(-c2ccccc2)n1)C(=O)Nc1cccc(Cl)c1. The van der Waals surface area contributed by atoms with Crippen molar-refractivity contribution in [1.29, 1.82) is 0 Å². The Labute approximate surface area is 167 Å². The first-order valence-electron chi connectivity index (χ1n) is 8.85. The van der Waals surface area contributed by atoms with E-state index in [-0.39, 0.29) is 11.2 Å². The second kappa shape index (κ2) is 7.74. The van der Waals surface area contributed by atoms with Gasteiger partial charge in [-0.1, -0.05) is 47.6 Å². The molecule has 1 saturated carbocycles. The number of carbonyl (C=O) groups is 1. The van der Waals surface area contributed by atoms with Crippen molar-refractivity contribution in [3.63, 3.8) is 0 Å². The Hall–Kier alpha value is -2.31. The van der Waals surface area contributed by atoms with Crippen molar-refractivity contribution in [2.24, 2.45) is 0 Å².